The quantitative estimate of drug-likeness (QED) is 0.139. The first-order valence-corrected chi connectivity index (χ1v) is 15.3. The lowest BCUT2D eigenvalue weighted by atomic mass is 10.1. The van der Waals surface area contributed by atoms with E-state index in [1.807, 2.05) is 24.3 Å². The number of amides is 2. The average molecular weight is 501 g/mol. The monoisotopic (exact) mass is 500 g/mol. The van der Waals surface area contributed by atoms with Gasteiger partial charge in [0.2, 0.25) is 11.8 Å². The molecule has 0 aliphatic rings. The average Bonchev–Trinajstić information content (AvgIpc) is 2.89. The zero-order valence-corrected chi connectivity index (χ0v) is 23.7. The minimum absolute atomic E-state index is 0.144. The third kappa shape index (κ3) is 19.4. The summed E-state index contributed by atoms with van der Waals surface area (Å²) in [6.07, 6.45) is 24.1. The number of benzene rings is 1. The maximum absolute atomic E-state index is 12.1. The normalized spacial score (nSPS) is 10.9. The van der Waals surface area contributed by atoms with E-state index in [2.05, 4.69) is 24.5 Å². The maximum atomic E-state index is 12.1. The van der Waals surface area contributed by atoms with Gasteiger partial charge in [0.25, 0.3) is 0 Å². The highest BCUT2D eigenvalue weighted by Gasteiger charge is 2.04. The van der Waals surface area contributed by atoms with Crippen molar-refractivity contribution in [3.05, 3.63) is 35.4 Å². The molecule has 36 heavy (non-hydrogen) atoms. The van der Waals surface area contributed by atoms with Crippen molar-refractivity contribution < 1.29 is 9.59 Å². The summed E-state index contributed by atoms with van der Waals surface area (Å²) in [7, 11) is 0. The van der Waals surface area contributed by atoms with Gasteiger partial charge in [-0.25, -0.2) is 0 Å². The number of hydrogen-bond donors (Lipinski definition) is 2. The minimum atomic E-state index is 0.144. The SMILES string of the molecule is CCCCCCCCCCCC(=O)NCc1ccc(CNC(=O)CCCCCCCCCCC)cc1. The van der Waals surface area contributed by atoms with E-state index in [-0.39, 0.29) is 11.8 Å². The largest absolute Gasteiger partial charge is 0.352 e. The molecule has 4 nitrogen and oxygen atoms in total. The van der Waals surface area contributed by atoms with Gasteiger partial charge in [-0.05, 0) is 24.0 Å². The summed E-state index contributed by atoms with van der Waals surface area (Å²) in [6, 6.07) is 8.17. The standard InChI is InChI=1S/C32H56N2O2/c1-3-5-7-9-11-13-15-17-19-21-31(35)33-27-29-23-25-30(26-24-29)28-34-32(36)22-20-18-16-14-12-10-8-6-4-2/h23-26H,3-22,27-28H2,1-2H3,(H,33,35)(H,34,36). The number of nitrogens with one attached hydrogen (secondary N) is 2. The molecule has 2 amide bonds. The molecule has 1 rings (SSSR count). The molecule has 0 heterocycles. The smallest absolute Gasteiger partial charge is 0.220 e. The fourth-order valence-corrected chi connectivity index (χ4v) is 4.55. The van der Waals surface area contributed by atoms with Gasteiger partial charge in [-0.3, -0.25) is 9.59 Å². The Labute approximate surface area is 222 Å². The van der Waals surface area contributed by atoms with E-state index in [0.29, 0.717) is 25.9 Å². The number of hydrogen-bond acceptors (Lipinski definition) is 2. The Morgan fingerprint density at radius 3 is 1.06 bits per heavy atom. The summed E-state index contributed by atoms with van der Waals surface area (Å²) in [5.41, 5.74) is 2.19. The van der Waals surface area contributed by atoms with Gasteiger partial charge in [0.15, 0.2) is 0 Å². The summed E-state index contributed by atoms with van der Waals surface area (Å²) >= 11 is 0. The highest BCUT2D eigenvalue weighted by Crippen LogP contribution is 2.12. The molecule has 0 saturated heterocycles. The van der Waals surface area contributed by atoms with Gasteiger partial charge >= 0.3 is 0 Å². The van der Waals surface area contributed by atoms with Crippen LogP contribution in [0.1, 0.15) is 153 Å². The molecule has 0 saturated carbocycles. The van der Waals surface area contributed by atoms with Crippen molar-refractivity contribution in [1.82, 2.24) is 10.6 Å². The molecule has 0 aromatic heterocycles. The van der Waals surface area contributed by atoms with Crippen LogP contribution in [0.25, 0.3) is 0 Å². The predicted molar refractivity (Wildman–Crippen MR) is 154 cm³/mol. The number of carbonyl (C=O) groups excluding carboxylic acids is 2. The first-order valence-electron chi connectivity index (χ1n) is 15.3. The van der Waals surface area contributed by atoms with Gasteiger partial charge < -0.3 is 10.6 Å². The van der Waals surface area contributed by atoms with Crippen LogP contribution in [0.4, 0.5) is 0 Å². The molecule has 1 aromatic carbocycles. The minimum Gasteiger partial charge on any atom is -0.352 e. The topological polar surface area (TPSA) is 58.2 Å². The zero-order chi connectivity index (χ0) is 26.1. The zero-order valence-electron chi connectivity index (χ0n) is 23.7. The maximum Gasteiger partial charge on any atom is 0.220 e. The van der Waals surface area contributed by atoms with Crippen LogP contribution in [0.5, 0.6) is 0 Å². The van der Waals surface area contributed by atoms with Crippen molar-refractivity contribution >= 4 is 11.8 Å². The highest BCUT2D eigenvalue weighted by atomic mass is 16.2. The summed E-state index contributed by atoms with van der Waals surface area (Å²) in [6.45, 7) is 5.65. The van der Waals surface area contributed by atoms with Crippen LogP contribution in [-0.2, 0) is 22.7 Å². The molecule has 0 atom stereocenters. The lowest BCUT2D eigenvalue weighted by molar-refractivity contribution is -0.122. The first kappa shape index (κ1) is 32.2. The number of unbranched alkanes of at least 4 members (excludes halogenated alkanes) is 16. The molecule has 0 unspecified atom stereocenters. The fraction of sp³-hybridized carbons (Fsp3) is 0.750. The molecular weight excluding hydrogens is 444 g/mol. The molecule has 4 heteroatoms. The molecule has 0 bridgehead atoms. The van der Waals surface area contributed by atoms with Crippen molar-refractivity contribution in [3.8, 4) is 0 Å². The first-order chi connectivity index (χ1) is 17.7. The number of rotatable bonds is 24. The fourth-order valence-electron chi connectivity index (χ4n) is 4.55. The Bertz CT molecular complexity index is 600. The van der Waals surface area contributed by atoms with Gasteiger partial charge in [-0.15, -0.1) is 0 Å². The van der Waals surface area contributed by atoms with Gasteiger partial charge in [-0.1, -0.05) is 141 Å². The van der Waals surface area contributed by atoms with Crippen LogP contribution in [0.2, 0.25) is 0 Å². The molecule has 1 aromatic rings. The van der Waals surface area contributed by atoms with Crippen molar-refractivity contribution in [2.45, 2.75) is 155 Å². The van der Waals surface area contributed by atoms with Crippen LogP contribution in [0, 0.1) is 0 Å². The van der Waals surface area contributed by atoms with E-state index in [4.69, 9.17) is 0 Å². The third-order valence-electron chi connectivity index (χ3n) is 7.02. The van der Waals surface area contributed by atoms with Crippen LogP contribution in [0.3, 0.4) is 0 Å². The summed E-state index contributed by atoms with van der Waals surface area (Å²) in [5.74, 6) is 0.288. The van der Waals surface area contributed by atoms with Crippen molar-refractivity contribution in [2.75, 3.05) is 0 Å². The Kier molecular flexibility index (Phi) is 21.1. The summed E-state index contributed by atoms with van der Waals surface area (Å²) in [4.78, 5) is 24.2. The highest BCUT2D eigenvalue weighted by molar-refractivity contribution is 5.76. The molecule has 206 valence electrons. The van der Waals surface area contributed by atoms with E-state index in [1.165, 1.54) is 89.9 Å². The second-order valence-electron chi connectivity index (χ2n) is 10.5. The summed E-state index contributed by atoms with van der Waals surface area (Å²) in [5, 5.41) is 6.07. The van der Waals surface area contributed by atoms with E-state index >= 15 is 0 Å². The van der Waals surface area contributed by atoms with Gasteiger partial charge in [0, 0.05) is 25.9 Å². The predicted octanol–water partition coefficient (Wildman–Crippen LogP) is 8.76. The van der Waals surface area contributed by atoms with Crippen molar-refractivity contribution in [2.24, 2.45) is 0 Å². The lowest BCUT2D eigenvalue weighted by Gasteiger charge is -2.08. The van der Waals surface area contributed by atoms with E-state index in [9.17, 15) is 9.59 Å². The van der Waals surface area contributed by atoms with Gasteiger partial charge in [-0.2, -0.15) is 0 Å². The molecular formula is C32H56N2O2. The second kappa shape index (κ2) is 23.6. The lowest BCUT2D eigenvalue weighted by Crippen LogP contribution is -2.23. The van der Waals surface area contributed by atoms with Gasteiger partial charge in [0.05, 0.1) is 0 Å². The van der Waals surface area contributed by atoms with E-state index in [0.717, 1.165) is 36.8 Å². The van der Waals surface area contributed by atoms with Crippen molar-refractivity contribution in [3.63, 3.8) is 0 Å². The Hall–Kier alpha value is -1.84. The molecule has 2 N–H and O–H groups in total. The van der Waals surface area contributed by atoms with Gasteiger partial charge in [0.1, 0.15) is 0 Å². The van der Waals surface area contributed by atoms with E-state index < -0.39 is 0 Å². The molecule has 0 spiro atoms. The second-order valence-corrected chi connectivity index (χ2v) is 10.5. The molecule has 0 aliphatic carbocycles. The van der Waals surface area contributed by atoms with Crippen LogP contribution in [-0.4, -0.2) is 11.8 Å². The summed E-state index contributed by atoms with van der Waals surface area (Å²) < 4.78 is 0. The Balaban J connectivity index is 2.02. The van der Waals surface area contributed by atoms with Crippen LogP contribution in [0.15, 0.2) is 24.3 Å². The van der Waals surface area contributed by atoms with E-state index in [1.54, 1.807) is 0 Å². The van der Waals surface area contributed by atoms with Crippen LogP contribution >= 0.6 is 0 Å². The number of carbonyl (C=O) groups is 2. The molecule has 0 aliphatic heterocycles. The van der Waals surface area contributed by atoms with Crippen molar-refractivity contribution in [1.29, 1.82) is 0 Å². The Morgan fingerprint density at radius 2 is 0.750 bits per heavy atom. The molecule has 0 fully saturated rings. The molecule has 0 radical (unpaired) electrons. The third-order valence-corrected chi connectivity index (χ3v) is 7.02. The van der Waals surface area contributed by atoms with Crippen LogP contribution < -0.4 is 10.6 Å². The Morgan fingerprint density at radius 1 is 0.472 bits per heavy atom.